The SMILES string of the molecule is C[C@@H](c1ccccn1)S(=O)(=O)NC[C@@H]1CCCN1. The number of hydrogen-bond donors (Lipinski definition) is 2. The Labute approximate surface area is 108 Å². The minimum absolute atomic E-state index is 0.260. The van der Waals surface area contributed by atoms with Crippen molar-refractivity contribution in [3.63, 3.8) is 0 Å². The topological polar surface area (TPSA) is 71.1 Å². The quantitative estimate of drug-likeness (QED) is 0.830. The molecule has 2 heterocycles. The molecule has 0 radical (unpaired) electrons. The number of pyridine rings is 1. The van der Waals surface area contributed by atoms with E-state index in [1.165, 1.54) is 0 Å². The number of hydrogen-bond acceptors (Lipinski definition) is 4. The normalized spacial score (nSPS) is 21.9. The first kappa shape index (κ1) is 13.5. The Morgan fingerprint density at radius 2 is 2.39 bits per heavy atom. The minimum Gasteiger partial charge on any atom is -0.313 e. The van der Waals surface area contributed by atoms with Crippen LogP contribution in [0.4, 0.5) is 0 Å². The molecule has 1 saturated heterocycles. The maximum Gasteiger partial charge on any atom is 0.220 e. The monoisotopic (exact) mass is 269 g/mol. The first-order chi connectivity index (χ1) is 8.59. The molecule has 18 heavy (non-hydrogen) atoms. The van der Waals surface area contributed by atoms with Gasteiger partial charge in [0.1, 0.15) is 5.25 Å². The summed E-state index contributed by atoms with van der Waals surface area (Å²) >= 11 is 0. The van der Waals surface area contributed by atoms with E-state index >= 15 is 0 Å². The molecular weight excluding hydrogens is 250 g/mol. The van der Waals surface area contributed by atoms with E-state index in [-0.39, 0.29) is 6.04 Å². The number of nitrogens with zero attached hydrogens (tertiary/aromatic N) is 1. The van der Waals surface area contributed by atoms with E-state index in [4.69, 9.17) is 0 Å². The summed E-state index contributed by atoms with van der Waals surface area (Å²) in [6.07, 6.45) is 3.75. The van der Waals surface area contributed by atoms with Crippen LogP contribution in [0.5, 0.6) is 0 Å². The van der Waals surface area contributed by atoms with Crippen molar-refractivity contribution in [2.75, 3.05) is 13.1 Å². The predicted molar refractivity (Wildman–Crippen MR) is 70.6 cm³/mol. The molecule has 1 aliphatic rings. The second kappa shape index (κ2) is 5.77. The summed E-state index contributed by atoms with van der Waals surface area (Å²) in [4.78, 5) is 4.09. The van der Waals surface area contributed by atoms with Crippen LogP contribution in [-0.4, -0.2) is 32.5 Å². The molecular formula is C12H19N3O2S. The molecule has 1 fully saturated rings. The van der Waals surface area contributed by atoms with Crippen molar-refractivity contribution in [1.29, 1.82) is 0 Å². The Balaban J connectivity index is 1.97. The van der Waals surface area contributed by atoms with Gasteiger partial charge in [-0.05, 0) is 38.4 Å². The lowest BCUT2D eigenvalue weighted by Gasteiger charge is -2.16. The van der Waals surface area contributed by atoms with Crippen molar-refractivity contribution in [1.82, 2.24) is 15.0 Å². The lowest BCUT2D eigenvalue weighted by molar-refractivity contribution is 0.543. The fourth-order valence-electron chi connectivity index (χ4n) is 2.05. The highest BCUT2D eigenvalue weighted by atomic mass is 32.2. The third-order valence-corrected chi connectivity index (χ3v) is 5.00. The van der Waals surface area contributed by atoms with Gasteiger partial charge in [0.15, 0.2) is 0 Å². The maximum atomic E-state index is 12.1. The zero-order valence-electron chi connectivity index (χ0n) is 10.5. The Morgan fingerprint density at radius 1 is 1.56 bits per heavy atom. The van der Waals surface area contributed by atoms with Crippen molar-refractivity contribution in [2.45, 2.75) is 31.1 Å². The summed E-state index contributed by atoms with van der Waals surface area (Å²) in [6, 6.07) is 5.57. The van der Waals surface area contributed by atoms with Crippen LogP contribution in [0, 0.1) is 0 Å². The highest BCUT2D eigenvalue weighted by Gasteiger charge is 2.25. The Kier molecular flexibility index (Phi) is 4.31. The first-order valence-corrected chi connectivity index (χ1v) is 7.77. The summed E-state index contributed by atoms with van der Waals surface area (Å²) in [7, 11) is -3.35. The average molecular weight is 269 g/mol. The van der Waals surface area contributed by atoms with E-state index in [2.05, 4.69) is 15.0 Å². The molecule has 0 unspecified atom stereocenters. The largest absolute Gasteiger partial charge is 0.313 e. The zero-order chi connectivity index (χ0) is 13.0. The molecule has 100 valence electrons. The third-order valence-electron chi connectivity index (χ3n) is 3.26. The van der Waals surface area contributed by atoms with Gasteiger partial charge in [-0.3, -0.25) is 4.98 Å². The van der Waals surface area contributed by atoms with Gasteiger partial charge in [-0.25, -0.2) is 13.1 Å². The van der Waals surface area contributed by atoms with Crippen LogP contribution < -0.4 is 10.0 Å². The van der Waals surface area contributed by atoms with Gasteiger partial charge in [-0.15, -0.1) is 0 Å². The van der Waals surface area contributed by atoms with E-state index in [9.17, 15) is 8.42 Å². The lowest BCUT2D eigenvalue weighted by Crippen LogP contribution is -2.38. The smallest absolute Gasteiger partial charge is 0.220 e. The van der Waals surface area contributed by atoms with Crippen molar-refractivity contribution >= 4 is 10.0 Å². The maximum absolute atomic E-state index is 12.1. The summed E-state index contributed by atoms with van der Waals surface area (Å²) in [5.41, 5.74) is 0.574. The molecule has 2 N–H and O–H groups in total. The molecule has 0 saturated carbocycles. The summed E-state index contributed by atoms with van der Waals surface area (Å²) < 4.78 is 26.9. The number of nitrogens with one attached hydrogen (secondary N) is 2. The number of aromatic nitrogens is 1. The molecule has 1 aromatic heterocycles. The Morgan fingerprint density at radius 3 is 3.00 bits per heavy atom. The van der Waals surface area contributed by atoms with Crippen molar-refractivity contribution < 1.29 is 8.42 Å². The van der Waals surface area contributed by atoms with Crippen LogP contribution in [0.3, 0.4) is 0 Å². The van der Waals surface area contributed by atoms with Crippen molar-refractivity contribution in [3.05, 3.63) is 30.1 Å². The van der Waals surface area contributed by atoms with Gasteiger partial charge in [0.05, 0.1) is 5.69 Å². The van der Waals surface area contributed by atoms with E-state index in [0.29, 0.717) is 12.2 Å². The third kappa shape index (κ3) is 3.28. The van der Waals surface area contributed by atoms with Gasteiger partial charge in [-0.1, -0.05) is 6.07 Å². The molecule has 5 nitrogen and oxygen atoms in total. The second-order valence-electron chi connectivity index (χ2n) is 4.58. The summed E-state index contributed by atoms with van der Waals surface area (Å²) in [6.45, 7) is 3.09. The molecule has 0 aliphatic carbocycles. The van der Waals surface area contributed by atoms with Gasteiger partial charge in [0.2, 0.25) is 10.0 Å². The van der Waals surface area contributed by atoms with Crippen LogP contribution in [0.15, 0.2) is 24.4 Å². The molecule has 1 aromatic rings. The van der Waals surface area contributed by atoms with E-state index in [1.807, 2.05) is 0 Å². The molecule has 0 bridgehead atoms. The highest BCUT2D eigenvalue weighted by molar-refractivity contribution is 7.89. The van der Waals surface area contributed by atoms with Gasteiger partial charge in [0.25, 0.3) is 0 Å². The van der Waals surface area contributed by atoms with Crippen LogP contribution in [0.2, 0.25) is 0 Å². The molecule has 2 rings (SSSR count). The molecule has 6 heteroatoms. The van der Waals surface area contributed by atoms with Crippen LogP contribution in [0.25, 0.3) is 0 Å². The zero-order valence-corrected chi connectivity index (χ0v) is 11.3. The van der Waals surface area contributed by atoms with Crippen LogP contribution >= 0.6 is 0 Å². The lowest BCUT2D eigenvalue weighted by atomic mass is 10.2. The molecule has 2 atom stereocenters. The van der Waals surface area contributed by atoms with Gasteiger partial charge < -0.3 is 5.32 Å². The second-order valence-corrected chi connectivity index (χ2v) is 6.67. The Bertz CT molecular complexity index is 469. The van der Waals surface area contributed by atoms with E-state index in [0.717, 1.165) is 19.4 Å². The molecule has 0 spiro atoms. The molecule has 0 amide bonds. The summed E-state index contributed by atoms with van der Waals surface area (Å²) in [5, 5.41) is 2.64. The molecule has 0 aromatic carbocycles. The van der Waals surface area contributed by atoms with Crippen molar-refractivity contribution in [3.8, 4) is 0 Å². The minimum atomic E-state index is -3.35. The van der Waals surface area contributed by atoms with Crippen molar-refractivity contribution in [2.24, 2.45) is 0 Å². The standard InChI is InChI=1S/C12H19N3O2S/c1-10(12-6-2-3-7-14-12)18(16,17)15-9-11-5-4-8-13-11/h2-3,6-7,10-11,13,15H,4-5,8-9H2,1H3/t10-,11-/m0/s1. The van der Waals surface area contributed by atoms with Gasteiger partial charge >= 0.3 is 0 Å². The average Bonchev–Trinajstić information content (AvgIpc) is 2.90. The van der Waals surface area contributed by atoms with Gasteiger partial charge in [0, 0.05) is 18.8 Å². The van der Waals surface area contributed by atoms with Crippen LogP contribution in [-0.2, 0) is 10.0 Å². The predicted octanol–water partition coefficient (Wildman–Crippen LogP) is 0.814. The van der Waals surface area contributed by atoms with E-state index < -0.39 is 15.3 Å². The van der Waals surface area contributed by atoms with Crippen LogP contribution in [0.1, 0.15) is 30.7 Å². The molecule has 1 aliphatic heterocycles. The van der Waals surface area contributed by atoms with Gasteiger partial charge in [-0.2, -0.15) is 0 Å². The highest BCUT2D eigenvalue weighted by Crippen LogP contribution is 2.18. The summed E-state index contributed by atoms with van der Waals surface area (Å²) in [5.74, 6) is 0. The fraction of sp³-hybridized carbons (Fsp3) is 0.583. The Hall–Kier alpha value is -0.980. The first-order valence-electron chi connectivity index (χ1n) is 6.22. The van der Waals surface area contributed by atoms with E-state index in [1.54, 1.807) is 31.3 Å². The number of sulfonamides is 1. The fourth-order valence-corrected chi connectivity index (χ4v) is 3.19. The number of rotatable bonds is 5.